The topological polar surface area (TPSA) is 67.5 Å². The molecule has 5 heteroatoms. The van der Waals surface area contributed by atoms with Crippen molar-refractivity contribution in [1.29, 1.82) is 0 Å². The molecule has 4 nitrogen and oxygen atoms in total. The molecule has 1 aromatic heterocycles. The monoisotopic (exact) mass is 316 g/mol. The molecule has 1 heterocycles. The molecule has 0 saturated heterocycles. The zero-order valence-electron chi connectivity index (χ0n) is 7.36. The summed E-state index contributed by atoms with van der Waals surface area (Å²) in [6, 6.07) is 5.94. The molecule has 2 rings (SSSR count). The van der Waals surface area contributed by atoms with E-state index in [0.29, 0.717) is 14.5 Å². The van der Waals surface area contributed by atoms with Gasteiger partial charge >= 0.3 is 11.6 Å². The number of rotatable bonds is 1. The number of hydrogen-bond acceptors (Lipinski definition) is 3. The third kappa shape index (κ3) is 1.87. The van der Waals surface area contributed by atoms with Crippen molar-refractivity contribution in [3.8, 4) is 0 Å². The average molecular weight is 316 g/mol. The maximum atomic E-state index is 10.9. The van der Waals surface area contributed by atoms with Gasteiger partial charge in [-0.15, -0.1) is 0 Å². The zero-order valence-corrected chi connectivity index (χ0v) is 9.52. The van der Waals surface area contributed by atoms with Gasteiger partial charge in [0.2, 0.25) is 0 Å². The maximum absolute atomic E-state index is 10.9. The first-order chi connectivity index (χ1) is 7.08. The van der Waals surface area contributed by atoms with Gasteiger partial charge in [0.05, 0.1) is 5.56 Å². The van der Waals surface area contributed by atoms with E-state index in [2.05, 4.69) is 0 Å². The molecular formula is C10H5IO4. The Morgan fingerprint density at radius 1 is 1.33 bits per heavy atom. The summed E-state index contributed by atoms with van der Waals surface area (Å²) in [4.78, 5) is 21.8. The number of halogens is 1. The molecule has 0 amide bonds. The van der Waals surface area contributed by atoms with Crippen LogP contribution in [0.3, 0.4) is 0 Å². The van der Waals surface area contributed by atoms with Crippen LogP contribution in [0.5, 0.6) is 0 Å². The fraction of sp³-hybridized carbons (Fsp3) is 0. The highest BCUT2D eigenvalue weighted by Gasteiger charge is 2.10. The predicted molar refractivity (Wildman–Crippen MR) is 62.2 cm³/mol. The second kappa shape index (κ2) is 3.65. The van der Waals surface area contributed by atoms with Crippen LogP contribution >= 0.6 is 22.6 Å². The molecule has 0 saturated carbocycles. The Morgan fingerprint density at radius 2 is 2.07 bits per heavy atom. The lowest BCUT2D eigenvalue weighted by molar-refractivity contribution is 0.0695. The van der Waals surface area contributed by atoms with E-state index >= 15 is 0 Å². The summed E-state index contributed by atoms with van der Waals surface area (Å²) in [6.45, 7) is 0. The number of aromatic carboxylic acids is 1. The molecule has 15 heavy (non-hydrogen) atoms. The summed E-state index contributed by atoms with van der Waals surface area (Å²) in [5, 5.41) is 9.58. The summed E-state index contributed by atoms with van der Waals surface area (Å²) in [5.41, 5.74) is -0.0576. The van der Waals surface area contributed by atoms with Crippen LogP contribution in [0.25, 0.3) is 11.0 Å². The van der Waals surface area contributed by atoms with Crippen molar-refractivity contribution in [2.75, 3.05) is 0 Å². The van der Waals surface area contributed by atoms with Gasteiger partial charge in [0.1, 0.15) is 5.58 Å². The summed E-state index contributed by atoms with van der Waals surface area (Å²) < 4.78 is 5.50. The first kappa shape index (κ1) is 10.2. The van der Waals surface area contributed by atoms with E-state index in [1.807, 2.05) is 22.6 Å². The number of carboxylic acids is 1. The average Bonchev–Trinajstić information content (AvgIpc) is 2.17. The molecule has 2 aromatic rings. The summed E-state index contributed by atoms with van der Waals surface area (Å²) in [5.74, 6) is -1.03. The van der Waals surface area contributed by atoms with Crippen molar-refractivity contribution < 1.29 is 14.3 Å². The highest BCUT2D eigenvalue weighted by Crippen LogP contribution is 2.20. The minimum Gasteiger partial charge on any atom is -0.478 e. The lowest BCUT2D eigenvalue weighted by Gasteiger charge is -2.01. The van der Waals surface area contributed by atoms with E-state index in [1.165, 1.54) is 12.1 Å². The van der Waals surface area contributed by atoms with E-state index < -0.39 is 11.6 Å². The molecule has 0 unspecified atom stereocenters. The fourth-order valence-electron chi connectivity index (χ4n) is 1.25. The second-order valence-corrected chi connectivity index (χ2v) is 4.09. The largest absolute Gasteiger partial charge is 0.478 e. The molecule has 76 valence electrons. The predicted octanol–water partition coefficient (Wildman–Crippen LogP) is 2.10. The lowest BCUT2D eigenvalue weighted by atomic mass is 10.1. The van der Waals surface area contributed by atoms with Crippen molar-refractivity contribution in [2.45, 2.75) is 0 Å². The minimum absolute atomic E-state index is 0.137. The molecular weight excluding hydrogens is 311 g/mol. The van der Waals surface area contributed by atoms with Crippen LogP contribution in [-0.2, 0) is 0 Å². The van der Waals surface area contributed by atoms with Gasteiger partial charge in [-0.3, -0.25) is 0 Å². The highest BCUT2D eigenvalue weighted by molar-refractivity contribution is 14.1. The Bertz CT molecular complexity index is 600. The number of benzene rings is 1. The molecule has 0 fully saturated rings. The van der Waals surface area contributed by atoms with Gasteiger partial charge in [-0.25, -0.2) is 9.59 Å². The van der Waals surface area contributed by atoms with Gasteiger partial charge in [-0.05, 0) is 40.8 Å². The summed E-state index contributed by atoms with van der Waals surface area (Å²) in [7, 11) is 0. The van der Waals surface area contributed by atoms with Gasteiger partial charge < -0.3 is 9.52 Å². The third-order valence-corrected chi connectivity index (χ3v) is 2.83. The molecule has 0 aliphatic heterocycles. The van der Waals surface area contributed by atoms with Crippen molar-refractivity contribution in [2.24, 2.45) is 0 Å². The van der Waals surface area contributed by atoms with Crippen LogP contribution < -0.4 is 5.63 Å². The van der Waals surface area contributed by atoms with Gasteiger partial charge in [0.25, 0.3) is 0 Å². The quantitative estimate of drug-likeness (QED) is 0.646. The Balaban J connectivity index is 2.83. The van der Waals surface area contributed by atoms with Gasteiger partial charge in [0, 0.05) is 15.0 Å². The van der Waals surface area contributed by atoms with Crippen LogP contribution in [0.2, 0.25) is 0 Å². The zero-order chi connectivity index (χ0) is 11.0. The standard InChI is InChI=1S/C10H5IO4/c11-7-3-5-1-2-9(12)15-8(5)4-6(7)10(13)14/h1-4H,(H,13,14). The number of carbonyl (C=O) groups is 1. The van der Waals surface area contributed by atoms with Crippen LogP contribution in [0.1, 0.15) is 10.4 Å². The minimum atomic E-state index is -1.03. The van der Waals surface area contributed by atoms with Crippen molar-refractivity contribution >= 4 is 39.5 Å². The first-order valence-corrected chi connectivity index (χ1v) is 5.12. The molecule has 0 atom stereocenters. The Hall–Kier alpha value is -1.37. The van der Waals surface area contributed by atoms with Gasteiger partial charge in [-0.2, -0.15) is 0 Å². The molecule has 1 N–H and O–H groups in total. The summed E-state index contributed by atoms with van der Waals surface area (Å²) >= 11 is 1.93. The van der Waals surface area contributed by atoms with E-state index in [0.717, 1.165) is 0 Å². The van der Waals surface area contributed by atoms with Crippen molar-refractivity contribution in [3.63, 3.8) is 0 Å². The van der Waals surface area contributed by atoms with Crippen LogP contribution in [0, 0.1) is 3.57 Å². The second-order valence-electron chi connectivity index (χ2n) is 2.93. The number of fused-ring (bicyclic) bond motifs is 1. The van der Waals surface area contributed by atoms with Gasteiger partial charge in [-0.1, -0.05) is 0 Å². The molecule has 0 spiro atoms. The number of hydrogen-bond donors (Lipinski definition) is 1. The maximum Gasteiger partial charge on any atom is 0.336 e. The van der Waals surface area contributed by atoms with Gasteiger partial charge in [0.15, 0.2) is 0 Å². The fourth-order valence-corrected chi connectivity index (χ4v) is 1.97. The Morgan fingerprint density at radius 3 is 2.73 bits per heavy atom. The van der Waals surface area contributed by atoms with E-state index in [4.69, 9.17) is 9.52 Å². The highest BCUT2D eigenvalue weighted by atomic mass is 127. The third-order valence-electron chi connectivity index (χ3n) is 1.94. The van der Waals surface area contributed by atoms with E-state index in [-0.39, 0.29) is 5.56 Å². The Kier molecular flexibility index (Phi) is 2.47. The van der Waals surface area contributed by atoms with E-state index in [9.17, 15) is 9.59 Å². The molecule has 0 radical (unpaired) electrons. The molecule has 0 bridgehead atoms. The first-order valence-electron chi connectivity index (χ1n) is 4.04. The smallest absolute Gasteiger partial charge is 0.336 e. The van der Waals surface area contributed by atoms with Crippen molar-refractivity contribution in [3.05, 3.63) is 43.8 Å². The molecule has 1 aromatic carbocycles. The molecule has 0 aliphatic rings. The lowest BCUT2D eigenvalue weighted by Crippen LogP contribution is -2.01. The Labute approximate surface area is 97.7 Å². The van der Waals surface area contributed by atoms with Crippen molar-refractivity contribution in [1.82, 2.24) is 0 Å². The normalized spacial score (nSPS) is 10.5. The SMILES string of the molecule is O=C(O)c1cc2oc(=O)ccc2cc1I. The summed E-state index contributed by atoms with van der Waals surface area (Å²) in [6.07, 6.45) is 0. The molecule has 0 aliphatic carbocycles. The van der Waals surface area contributed by atoms with E-state index in [1.54, 1.807) is 12.1 Å². The van der Waals surface area contributed by atoms with Crippen LogP contribution in [0.15, 0.2) is 33.5 Å². The number of carboxylic acid groups (broad SMARTS) is 1. The van der Waals surface area contributed by atoms with Crippen LogP contribution in [0.4, 0.5) is 0 Å². The van der Waals surface area contributed by atoms with Crippen LogP contribution in [-0.4, -0.2) is 11.1 Å².